The minimum atomic E-state index is -3.44. The molecule has 100 valence electrons. The Morgan fingerprint density at radius 2 is 2.05 bits per heavy atom. The van der Waals surface area contributed by atoms with Gasteiger partial charge in [0.05, 0.1) is 17.5 Å². The van der Waals surface area contributed by atoms with Crippen molar-refractivity contribution in [1.29, 1.82) is 0 Å². The van der Waals surface area contributed by atoms with Crippen molar-refractivity contribution in [1.82, 2.24) is 4.98 Å². The summed E-state index contributed by atoms with van der Waals surface area (Å²) in [6, 6.07) is 6.37. The van der Waals surface area contributed by atoms with Crippen LogP contribution in [0.25, 0.3) is 0 Å². The van der Waals surface area contributed by atoms with Gasteiger partial charge in [-0.15, -0.1) is 11.3 Å². The molecule has 0 unspecified atom stereocenters. The van der Waals surface area contributed by atoms with Crippen molar-refractivity contribution in [3.05, 3.63) is 41.4 Å². The molecule has 2 aromatic rings. The highest BCUT2D eigenvalue weighted by atomic mass is 32.2. The van der Waals surface area contributed by atoms with Crippen molar-refractivity contribution in [2.75, 3.05) is 16.3 Å². The number of hydrogen-bond acceptors (Lipinski definition) is 5. The van der Waals surface area contributed by atoms with Gasteiger partial charge in [0.25, 0.3) is 5.91 Å². The molecule has 0 aliphatic rings. The maximum atomic E-state index is 12.0. The minimum Gasteiger partial charge on any atom is -0.298 e. The van der Waals surface area contributed by atoms with E-state index in [1.807, 2.05) is 0 Å². The number of hydrogen-bond donors (Lipinski definition) is 2. The standard InChI is InChI=1S/C11H11N3O3S2/c1-19(16,17)14-9-5-3-2-4-8(9)10(15)13-11-12-6-7-18-11/h2-7,14H,1H3,(H,12,13,15). The molecule has 1 amide bonds. The van der Waals surface area contributed by atoms with Crippen LogP contribution in [0, 0.1) is 0 Å². The molecular weight excluding hydrogens is 286 g/mol. The van der Waals surface area contributed by atoms with Crippen LogP contribution in [0.4, 0.5) is 10.8 Å². The van der Waals surface area contributed by atoms with Crippen LogP contribution in [-0.2, 0) is 10.0 Å². The lowest BCUT2D eigenvalue weighted by atomic mass is 10.2. The highest BCUT2D eigenvalue weighted by Gasteiger charge is 2.14. The molecule has 1 aromatic carbocycles. The molecule has 19 heavy (non-hydrogen) atoms. The predicted octanol–water partition coefficient (Wildman–Crippen LogP) is 1.77. The third kappa shape index (κ3) is 3.76. The van der Waals surface area contributed by atoms with E-state index in [0.29, 0.717) is 5.13 Å². The Hall–Kier alpha value is -1.93. The SMILES string of the molecule is CS(=O)(=O)Nc1ccccc1C(=O)Nc1nccs1. The summed E-state index contributed by atoms with van der Waals surface area (Å²) in [6.07, 6.45) is 2.60. The molecule has 2 rings (SSSR count). The molecule has 0 bridgehead atoms. The van der Waals surface area contributed by atoms with E-state index in [4.69, 9.17) is 0 Å². The zero-order chi connectivity index (χ0) is 13.9. The number of sulfonamides is 1. The van der Waals surface area contributed by atoms with E-state index in [9.17, 15) is 13.2 Å². The Bertz CT molecular complexity index is 681. The van der Waals surface area contributed by atoms with Gasteiger partial charge in [-0.1, -0.05) is 12.1 Å². The molecule has 0 aliphatic carbocycles. The number of carbonyl (C=O) groups is 1. The zero-order valence-corrected chi connectivity index (χ0v) is 11.6. The first-order chi connectivity index (χ1) is 8.96. The van der Waals surface area contributed by atoms with Crippen LogP contribution in [0.15, 0.2) is 35.8 Å². The number of benzene rings is 1. The van der Waals surface area contributed by atoms with E-state index >= 15 is 0 Å². The van der Waals surface area contributed by atoms with Crippen molar-refractivity contribution in [3.63, 3.8) is 0 Å². The summed E-state index contributed by atoms with van der Waals surface area (Å²) in [5, 5.41) is 4.79. The van der Waals surface area contributed by atoms with Crippen molar-refractivity contribution in [2.45, 2.75) is 0 Å². The van der Waals surface area contributed by atoms with Gasteiger partial charge in [-0.3, -0.25) is 14.8 Å². The lowest BCUT2D eigenvalue weighted by Crippen LogP contribution is -2.17. The van der Waals surface area contributed by atoms with Crippen molar-refractivity contribution >= 4 is 38.1 Å². The van der Waals surface area contributed by atoms with E-state index in [0.717, 1.165) is 6.26 Å². The Labute approximate surface area is 114 Å². The van der Waals surface area contributed by atoms with Crippen LogP contribution in [-0.4, -0.2) is 25.6 Å². The zero-order valence-electron chi connectivity index (χ0n) is 9.95. The number of carbonyl (C=O) groups excluding carboxylic acids is 1. The first-order valence-electron chi connectivity index (χ1n) is 5.23. The second-order valence-electron chi connectivity index (χ2n) is 3.71. The monoisotopic (exact) mass is 297 g/mol. The Balaban J connectivity index is 2.26. The largest absolute Gasteiger partial charge is 0.298 e. The Morgan fingerprint density at radius 1 is 1.32 bits per heavy atom. The molecule has 8 heteroatoms. The molecule has 0 spiro atoms. The van der Waals surface area contributed by atoms with Gasteiger partial charge in [-0.25, -0.2) is 13.4 Å². The van der Waals surface area contributed by atoms with Gasteiger partial charge in [-0.05, 0) is 12.1 Å². The summed E-state index contributed by atoms with van der Waals surface area (Å²) in [5.74, 6) is -0.415. The fourth-order valence-electron chi connectivity index (χ4n) is 1.42. The van der Waals surface area contributed by atoms with Gasteiger partial charge < -0.3 is 0 Å². The van der Waals surface area contributed by atoms with Crippen LogP contribution in [0.3, 0.4) is 0 Å². The molecule has 1 aromatic heterocycles. The summed E-state index contributed by atoms with van der Waals surface area (Å²) in [5.41, 5.74) is 0.474. The Morgan fingerprint density at radius 3 is 2.68 bits per heavy atom. The lowest BCUT2D eigenvalue weighted by molar-refractivity contribution is 0.102. The van der Waals surface area contributed by atoms with Crippen LogP contribution in [0.2, 0.25) is 0 Å². The molecule has 2 N–H and O–H groups in total. The Kier molecular flexibility index (Phi) is 3.82. The molecule has 0 aliphatic heterocycles. The summed E-state index contributed by atoms with van der Waals surface area (Å²) in [4.78, 5) is 16.0. The number of para-hydroxylation sites is 1. The van der Waals surface area contributed by atoms with Crippen molar-refractivity contribution in [2.24, 2.45) is 0 Å². The number of thiazole rings is 1. The van der Waals surface area contributed by atoms with Gasteiger partial charge >= 0.3 is 0 Å². The van der Waals surface area contributed by atoms with Crippen molar-refractivity contribution in [3.8, 4) is 0 Å². The number of aromatic nitrogens is 1. The highest BCUT2D eigenvalue weighted by molar-refractivity contribution is 7.92. The number of rotatable bonds is 4. The molecule has 1 heterocycles. The second kappa shape index (κ2) is 5.37. The van der Waals surface area contributed by atoms with Crippen LogP contribution in [0.1, 0.15) is 10.4 Å². The molecule has 0 saturated heterocycles. The molecule has 0 radical (unpaired) electrons. The van der Waals surface area contributed by atoms with Gasteiger partial charge in [0.1, 0.15) is 0 Å². The third-order valence-corrected chi connectivity index (χ3v) is 3.40. The molecule has 6 nitrogen and oxygen atoms in total. The van der Waals surface area contributed by atoms with E-state index in [1.54, 1.807) is 23.7 Å². The van der Waals surface area contributed by atoms with Gasteiger partial charge in [-0.2, -0.15) is 0 Å². The van der Waals surface area contributed by atoms with E-state index in [1.165, 1.54) is 23.5 Å². The number of nitrogens with one attached hydrogen (secondary N) is 2. The first-order valence-corrected chi connectivity index (χ1v) is 8.00. The third-order valence-electron chi connectivity index (χ3n) is 2.12. The fraction of sp³-hybridized carbons (Fsp3) is 0.0909. The maximum absolute atomic E-state index is 12.0. The van der Waals surface area contributed by atoms with Gasteiger partial charge in [0.15, 0.2) is 5.13 Å². The molecule has 0 atom stereocenters. The number of anilines is 2. The molecular formula is C11H11N3O3S2. The topological polar surface area (TPSA) is 88.2 Å². The molecule has 0 fully saturated rings. The highest BCUT2D eigenvalue weighted by Crippen LogP contribution is 2.19. The lowest BCUT2D eigenvalue weighted by Gasteiger charge is -2.09. The van der Waals surface area contributed by atoms with E-state index in [-0.39, 0.29) is 11.3 Å². The van der Waals surface area contributed by atoms with Crippen LogP contribution >= 0.6 is 11.3 Å². The van der Waals surface area contributed by atoms with E-state index in [2.05, 4.69) is 15.0 Å². The minimum absolute atomic E-state index is 0.235. The summed E-state index contributed by atoms with van der Waals surface area (Å²) < 4.78 is 24.8. The smallest absolute Gasteiger partial charge is 0.259 e. The average molecular weight is 297 g/mol. The van der Waals surface area contributed by atoms with Gasteiger partial charge in [0, 0.05) is 11.6 Å². The normalized spacial score (nSPS) is 11.0. The van der Waals surface area contributed by atoms with Crippen LogP contribution in [0.5, 0.6) is 0 Å². The quantitative estimate of drug-likeness (QED) is 0.900. The second-order valence-corrected chi connectivity index (χ2v) is 6.35. The average Bonchev–Trinajstić information content (AvgIpc) is 2.80. The predicted molar refractivity (Wildman–Crippen MR) is 75.0 cm³/mol. The van der Waals surface area contributed by atoms with Crippen molar-refractivity contribution < 1.29 is 13.2 Å². The summed E-state index contributed by atoms with van der Waals surface area (Å²) in [6.45, 7) is 0. The fourth-order valence-corrected chi connectivity index (χ4v) is 2.52. The summed E-state index contributed by atoms with van der Waals surface area (Å²) >= 11 is 1.28. The summed E-state index contributed by atoms with van der Waals surface area (Å²) in [7, 11) is -3.44. The number of nitrogens with zero attached hydrogens (tertiary/aromatic N) is 1. The maximum Gasteiger partial charge on any atom is 0.259 e. The first kappa shape index (κ1) is 13.5. The van der Waals surface area contributed by atoms with Gasteiger partial charge in [0.2, 0.25) is 10.0 Å². The molecule has 0 saturated carbocycles. The van der Waals surface area contributed by atoms with Crippen LogP contribution < -0.4 is 10.0 Å². The van der Waals surface area contributed by atoms with E-state index < -0.39 is 15.9 Å². The number of amides is 1.